The highest BCUT2D eigenvalue weighted by Gasteiger charge is 2.45. The van der Waals surface area contributed by atoms with Crippen molar-refractivity contribution in [2.24, 2.45) is 0 Å². The van der Waals surface area contributed by atoms with E-state index < -0.39 is 25.3 Å². The van der Waals surface area contributed by atoms with Gasteiger partial charge in [-0.25, -0.2) is 0 Å². The minimum Gasteiger partial charge on any atom is -0.485 e. The molecule has 0 saturated carbocycles. The van der Waals surface area contributed by atoms with E-state index in [0.29, 0.717) is 16.6 Å². The van der Waals surface area contributed by atoms with Gasteiger partial charge in [-0.2, -0.15) is 0 Å². The lowest BCUT2D eigenvalue weighted by molar-refractivity contribution is -0.0642. The molecule has 0 bridgehead atoms. The lowest BCUT2D eigenvalue weighted by Gasteiger charge is -2.42. The van der Waals surface area contributed by atoms with Crippen LogP contribution in [0.1, 0.15) is 39.3 Å². The maximum Gasteiger partial charge on any atom is 0.361 e. The Bertz CT molecular complexity index is 944. The van der Waals surface area contributed by atoms with Gasteiger partial charge in [0.25, 0.3) is 5.56 Å². The van der Waals surface area contributed by atoms with Crippen LogP contribution in [0.25, 0.3) is 0 Å². The highest BCUT2D eigenvalue weighted by atomic mass is 31.2. The van der Waals surface area contributed by atoms with Crippen molar-refractivity contribution in [1.29, 1.82) is 0 Å². The Kier molecular flexibility index (Phi) is 5.82. The van der Waals surface area contributed by atoms with E-state index in [2.05, 4.69) is 0 Å². The Morgan fingerprint density at radius 2 is 1.86 bits per heavy atom. The van der Waals surface area contributed by atoms with Gasteiger partial charge in [-0.1, -0.05) is 6.07 Å². The molecule has 1 aromatic heterocycles. The van der Waals surface area contributed by atoms with E-state index in [-0.39, 0.29) is 18.8 Å². The molecular formula is C20H26NO6P. The summed E-state index contributed by atoms with van der Waals surface area (Å²) in [5.74, 6) is 0.513. The minimum absolute atomic E-state index is 0.224. The quantitative estimate of drug-likeness (QED) is 0.741. The van der Waals surface area contributed by atoms with Gasteiger partial charge in [-0.3, -0.25) is 9.36 Å². The first-order chi connectivity index (χ1) is 13.2. The summed E-state index contributed by atoms with van der Waals surface area (Å²) < 4.78 is 31.5. The predicted octanol–water partition coefficient (Wildman–Crippen LogP) is 2.86. The molecule has 1 N–H and O–H groups in total. The first kappa shape index (κ1) is 20.8. The summed E-state index contributed by atoms with van der Waals surface area (Å²) in [6, 6.07) is 9.07. The van der Waals surface area contributed by atoms with Gasteiger partial charge in [0.1, 0.15) is 17.5 Å². The molecule has 2 aromatic rings. The van der Waals surface area contributed by atoms with Crippen LogP contribution in [0.5, 0.6) is 5.75 Å². The Morgan fingerprint density at radius 3 is 2.46 bits per heavy atom. The van der Waals surface area contributed by atoms with Crippen LogP contribution in [0.2, 0.25) is 0 Å². The van der Waals surface area contributed by atoms with E-state index >= 15 is 0 Å². The summed E-state index contributed by atoms with van der Waals surface area (Å²) in [6.45, 7) is 7.46. The van der Waals surface area contributed by atoms with Crippen molar-refractivity contribution < 1.29 is 23.5 Å². The van der Waals surface area contributed by atoms with Crippen LogP contribution in [0.15, 0.2) is 47.4 Å². The number of aliphatic hydroxyl groups is 1. The van der Waals surface area contributed by atoms with Gasteiger partial charge in [-0.15, -0.1) is 0 Å². The Labute approximate surface area is 164 Å². The molecule has 0 unspecified atom stereocenters. The summed E-state index contributed by atoms with van der Waals surface area (Å²) in [7, 11) is -3.52. The number of rotatable bonds is 6. The van der Waals surface area contributed by atoms with Crippen molar-refractivity contribution in [2.45, 2.75) is 45.4 Å². The number of aliphatic hydroxyl groups excluding tert-OH is 1. The average molecular weight is 407 g/mol. The molecular weight excluding hydrogens is 381 g/mol. The maximum absolute atomic E-state index is 13.2. The van der Waals surface area contributed by atoms with E-state index in [1.807, 2.05) is 0 Å². The monoisotopic (exact) mass is 407 g/mol. The summed E-state index contributed by atoms with van der Waals surface area (Å²) in [5, 5.41) is 11.4. The molecule has 2 atom stereocenters. The van der Waals surface area contributed by atoms with Crippen molar-refractivity contribution in [3.05, 3.63) is 58.5 Å². The summed E-state index contributed by atoms with van der Waals surface area (Å²) in [5.41, 5.74) is -0.617. The molecule has 8 heteroatoms. The van der Waals surface area contributed by atoms with Gasteiger partial charge in [0.2, 0.25) is 0 Å². The second-order valence-corrected chi connectivity index (χ2v) is 9.12. The second-order valence-electron chi connectivity index (χ2n) is 7.10. The second kappa shape index (κ2) is 7.84. The van der Waals surface area contributed by atoms with Crippen LogP contribution >= 0.6 is 7.60 Å². The van der Waals surface area contributed by atoms with Crippen LogP contribution in [0.3, 0.4) is 0 Å². The third kappa shape index (κ3) is 3.67. The SMILES string of the molecule is CCOP(=O)(OCC)c1ccc2c(c1)[C@@H](n1ccccc1=O)[C@H](O)C(C)(C)O2. The Balaban J connectivity index is 2.20. The number of benzene rings is 1. The largest absolute Gasteiger partial charge is 0.485 e. The maximum atomic E-state index is 13.2. The molecule has 0 saturated heterocycles. The van der Waals surface area contributed by atoms with Crippen LogP contribution in [-0.4, -0.2) is 34.6 Å². The van der Waals surface area contributed by atoms with E-state index in [9.17, 15) is 14.5 Å². The van der Waals surface area contributed by atoms with Gasteiger partial charge >= 0.3 is 7.60 Å². The fraction of sp³-hybridized carbons (Fsp3) is 0.450. The van der Waals surface area contributed by atoms with Gasteiger partial charge in [0, 0.05) is 17.8 Å². The van der Waals surface area contributed by atoms with Crippen LogP contribution in [0.4, 0.5) is 0 Å². The summed E-state index contributed by atoms with van der Waals surface area (Å²) >= 11 is 0. The van der Waals surface area contributed by atoms with Crippen molar-refractivity contribution in [1.82, 2.24) is 4.57 Å². The third-order valence-corrected chi connectivity index (χ3v) is 6.87. The molecule has 0 fully saturated rings. The molecule has 2 heterocycles. The number of hydrogen-bond acceptors (Lipinski definition) is 6. The van der Waals surface area contributed by atoms with E-state index in [0.717, 1.165) is 0 Å². The first-order valence-electron chi connectivity index (χ1n) is 9.31. The highest BCUT2D eigenvalue weighted by Crippen LogP contribution is 2.49. The number of fused-ring (bicyclic) bond motifs is 1. The molecule has 0 aliphatic carbocycles. The number of pyridine rings is 1. The smallest absolute Gasteiger partial charge is 0.361 e. The molecule has 0 spiro atoms. The first-order valence-corrected chi connectivity index (χ1v) is 10.9. The number of aromatic nitrogens is 1. The van der Waals surface area contributed by atoms with Gasteiger partial charge in [-0.05, 0) is 52.0 Å². The lowest BCUT2D eigenvalue weighted by Crippen LogP contribution is -2.52. The fourth-order valence-electron chi connectivity index (χ4n) is 3.42. The molecule has 1 aromatic carbocycles. The molecule has 7 nitrogen and oxygen atoms in total. The van der Waals surface area contributed by atoms with Crippen molar-refractivity contribution in [2.75, 3.05) is 13.2 Å². The fourth-order valence-corrected chi connectivity index (χ4v) is 5.03. The molecule has 152 valence electrons. The number of nitrogens with zero attached hydrogens (tertiary/aromatic N) is 1. The molecule has 0 amide bonds. The van der Waals surface area contributed by atoms with E-state index in [1.54, 1.807) is 64.2 Å². The van der Waals surface area contributed by atoms with Crippen molar-refractivity contribution in [3.8, 4) is 5.75 Å². The average Bonchev–Trinajstić information content (AvgIpc) is 2.64. The Morgan fingerprint density at radius 1 is 1.18 bits per heavy atom. The highest BCUT2D eigenvalue weighted by molar-refractivity contribution is 7.62. The minimum atomic E-state index is -3.52. The molecule has 3 rings (SSSR count). The molecule has 0 radical (unpaired) electrons. The standard InChI is InChI=1S/C20H26NO6P/c1-5-25-28(24,26-6-2)14-10-11-16-15(13-14)18(19(23)20(3,4)27-16)21-12-8-7-9-17(21)22/h7-13,18-19,23H,5-6H2,1-4H3/t18-,19+/m1/s1. The summed E-state index contributed by atoms with van der Waals surface area (Å²) in [4.78, 5) is 12.5. The van der Waals surface area contributed by atoms with Gasteiger partial charge < -0.3 is 23.5 Å². The number of hydrogen-bond donors (Lipinski definition) is 1. The molecule has 1 aliphatic heterocycles. The lowest BCUT2D eigenvalue weighted by atomic mass is 9.86. The summed E-state index contributed by atoms with van der Waals surface area (Å²) in [6.07, 6.45) is 0.618. The van der Waals surface area contributed by atoms with E-state index in [4.69, 9.17) is 13.8 Å². The van der Waals surface area contributed by atoms with Crippen molar-refractivity contribution >= 4 is 12.9 Å². The zero-order valence-corrected chi connectivity index (χ0v) is 17.4. The van der Waals surface area contributed by atoms with Crippen molar-refractivity contribution in [3.63, 3.8) is 0 Å². The predicted molar refractivity (Wildman–Crippen MR) is 106 cm³/mol. The van der Waals surface area contributed by atoms with Crippen LogP contribution in [-0.2, 0) is 13.6 Å². The van der Waals surface area contributed by atoms with Gasteiger partial charge in [0.05, 0.1) is 24.6 Å². The zero-order valence-electron chi connectivity index (χ0n) is 16.5. The topological polar surface area (TPSA) is 87.0 Å². The molecule has 1 aliphatic rings. The third-order valence-electron chi connectivity index (χ3n) is 4.76. The van der Waals surface area contributed by atoms with E-state index in [1.165, 1.54) is 10.6 Å². The zero-order chi connectivity index (χ0) is 20.5. The normalized spacial score (nSPS) is 21.0. The Hall–Kier alpha value is -1.92. The van der Waals surface area contributed by atoms with Crippen LogP contribution in [0, 0.1) is 0 Å². The number of ether oxygens (including phenoxy) is 1. The van der Waals surface area contributed by atoms with Crippen LogP contribution < -0.4 is 15.6 Å². The molecule has 28 heavy (non-hydrogen) atoms. The van der Waals surface area contributed by atoms with Gasteiger partial charge in [0.15, 0.2) is 0 Å².